The van der Waals surface area contributed by atoms with Gasteiger partial charge in [0, 0.05) is 17.5 Å². The number of carbonyl (C=O) groups is 2. The van der Waals surface area contributed by atoms with Crippen LogP contribution in [0.15, 0.2) is 58.7 Å². The van der Waals surface area contributed by atoms with Crippen LogP contribution in [0.3, 0.4) is 0 Å². The van der Waals surface area contributed by atoms with Crippen LogP contribution in [0.1, 0.15) is 38.3 Å². The summed E-state index contributed by atoms with van der Waals surface area (Å²) in [6.07, 6.45) is -1.82. The number of nitrogens with zero attached hydrogens (tertiary/aromatic N) is 2. The Balaban J connectivity index is 2.09. The largest absolute Gasteiger partial charge is 0.394 e. The molecule has 0 aromatic heterocycles. The summed E-state index contributed by atoms with van der Waals surface area (Å²) in [5.74, 6) is -0.929. The van der Waals surface area contributed by atoms with E-state index in [0.717, 1.165) is 17.3 Å². The van der Waals surface area contributed by atoms with Gasteiger partial charge in [0.2, 0.25) is 0 Å². The van der Waals surface area contributed by atoms with E-state index in [9.17, 15) is 19.8 Å². The van der Waals surface area contributed by atoms with Crippen LogP contribution >= 0.6 is 0 Å². The first-order chi connectivity index (χ1) is 14.8. The molecule has 2 rings (SSSR count). The molecule has 9 nitrogen and oxygen atoms in total. The molecule has 0 aliphatic carbocycles. The molecular formula is C22H26N4O5. The standard InChI is InChI=1S/C22H26N4O5/c1-14-3-7-16(8-4-14)21(30)25-23-12-18(11-19(28)20(29)13-27)24-26-22(31)17-9-5-15(2)6-10-17/h3-10,12,19-20,27-29H,11,13H2,1-2H3,(H,25,30)(H,26,31)/b23-12+,24-18?. The number of aryl methyl sites for hydroxylation is 2. The number of benzene rings is 2. The molecule has 9 heteroatoms. The summed E-state index contributed by atoms with van der Waals surface area (Å²) in [5.41, 5.74) is 7.55. The minimum atomic E-state index is -1.39. The Morgan fingerprint density at radius 3 is 1.84 bits per heavy atom. The third kappa shape index (κ3) is 7.74. The zero-order chi connectivity index (χ0) is 22.8. The van der Waals surface area contributed by atoms with Crippen molar-refractivity contribution in [2.45, 2.75) is 32.5 Å². The van der Waals surface area contributed by atoms with Crippen LogP contribution in [-0.2, 0) is 0 Å². The summed E-state index contributed by atoms with van der Waals surface area (Å²) in [4.78, 5) is 24.4. The van der Waals surface area contributed by atoms with E-state index in [1.165, 1.54) is 0 Å². The Kier molecular flexibility index (Phi) is 9.01. The predicted molar refractivity (Wildman–Crippen MR) is 117 cm³/mol. The molecule has 31 heavy (non-hydrogen) atoms. The second-order valence-corrected chi connectivity index (χ2v) is 7.00. The van der Waals surface area contributed by atoms with Crippen LogP contribution in [0.5, 0.6) is 0 Å². The van der Waals surface area contributed by atoms with Crippen LogP contribution in [0, 0.1) is 13.8 Å². The highest BCUT2D eigenvalue weighted by molar-refractivity contribution is 6.31. The average molecular weight is 426 g/mol. The maximum atomic E-state index is 12.2. The zero-order valence-electron chi connectivity index (χ0n) is 17.3. The third-order valence-corrected chi connectivity index (χ3v) is 4.36. The van der Waals surface area contributed by atoms with Gasteiger partial charge in [-0.05, 0) is 38.1 Å². The summed E-state index contributed by atoms with van der Waals surface area (Å²) < 4.78 is 0. The van der Waals surface area contributed by atoms with Gasteiger partial charge in [-0.25, -0.2) is 10.9 Å². The van der Waals surface area contributed by atoms with E-state index >= 15 is 0 Å². The summed E-state index contributed by atoms with van der Waals surface area (Å²) >= 11 is 0. The summed E-state index contributed by atoms with van der Waals surface area (Å²) in [6, 6.07) is 13.7. The summed E-state index contributed by atoms with van der Waals surface area (Å²) in [5, 5.41) is 36.3. The van der Waals surface area contributed by atoms with Crippen molar-refractivity contribution in [1.82, 2.24) is 10.9 Å². The average Bonchev–Trinajstić information content (AvgIpc) is 2.77. The van der Waals surface area contributed by atoms with Crippen LogP contribution in [0.4, 0.5) is 0 Å². The van der Waals surface area contributed by atoms with E-state index in [4.69, 9.17) is 5.11 Å². The number of hydrazone groups is 2. The lowest BCUT2D eigenvalue weighted by molar-refractivity contribution is -0.00975. The fourth-order valence-electron chi connectivity index (χ4n) is 2.43. The molecule has 0 aliphatic heterocycles. The molecule has 0 saturated heterocycles. The highest BCUT2D eigenvalue weighted by atomic mass is 16.4. The Morgan fingerprint density at radius 2 is 1.35 bits per heavy atom. The van der Waals surface area contributed by atoms with Crippen molar-refractivity contribution < 1.29 is 24.9 Å². The van der Waals surface area contributed by atoms with E-state index in [1.54, 1.807) is 48.5 Å². The van der Waals surface area contributed by atoms with Crippen molar-refractivity contribution in [2.24, 2.45) is 10.2 Å². The lowest BCUT2D eigenvalue weighted by Gasteiger charge is -2.15. The third-order valence-electron chi connectivity index (χ3n) is 4.36. The highest BCUT2D eigenvalue weighted by Crippen LogP contribution is 2.05. The molecule has 164 valence electrons. The fraction of sp³-hybridized carbons (Fsp3) is 0.273. The topological polar surface area (TPSA) is 144 Å². The molecule has 0 heterocycles. The second kappa shape index (κ2) is 11.7. The van der Waals surface area contributed by atoms with Gasteiger partial charge in [-0.2, -0.15) is 10.2 Å². The fourth-order valence-corrected chi connectivity index (χ4v) is 2.43. The van der Waals surface area contributed by atoms with Gasteiger partial charge in [-0.1, -0.05) is 35.4 Å². The number of hydrogen-bond acceptors (Lipinski definition) is 7. The normalized spacial score (nSPS) is 13.6. The maximum absolute atomic E-state index is 12.2. The summed E-state index contributed by atoms with van der Waals surface area (Å²) in [7, 11) is 0. The Hall–Kier alpha value is -3.40. The molecule has 2 aromatic carbocycles. The minimum absolute atomic E-state index is 0.0738. The van der Waals surface area contributed by atoms with E-state index in [0.29, 0.717) is 11.1 Å². The van der Waals surface area contributed by atoms with Gasteiger partial charge in [0.05, 0.1) is 24.6 Å². The van der Waals surface area contributed by atoms with E-state index in [2.05, 4.69) is 21.1 Å². The number of aliphatic hydroxyl groups is 3. The van der Waals surface area contributed by atoms with Gasteiger partial charge in [0.1, 0.15) is 6.10 Å². The number of amides is 2. The number of rotatable bonds is 9. The van der Waals surface area contributed by atoms with Crippen molar-refractivity contribution in [2.75, 3.05) is 6.61 Å². The lowest BCUT2D eigenvalue weighted by Crippen LogP contribution is -2.33. The minimum Gasteiger partial charge on any atom is -0.394 e. The van der Waals surface area contributed by atoms with Crippen LogP contribution in [0.25, 0.3) is 0 Å². The smallest absolute Gasteiger partial charge is 0.271 e. The second-order valence-electron chi connectivity index (χ2n) is 7.00. The number of carbonyl (C=O) groups excluding carboxylic acids is 2. The molecule has 0 fully saturated rings. The van der Waals surface area contributed by atoms with Crippen LogP contribution in [0.2, 0.25) is 0 Å². The predicted octanol–water partition coefficient (Wildman–Crippen LogP) is 0.909. The molecule has 2 amide bonds. The van der Waals surface area contributed by atoms with Gasteiger partial charge in [-0.3, -0.25) is 9.59 Å². The van der Waals surface area contributed by atoms with E-state index < -0.39 is 30.6 Å². The monoisotopic (exact) mass is 426 g/mol. The molecule has 2 atom stereocenters. The van der Waals surface area contributed by atoms with Crippen molar-refractivity contribution in [3.05, 3.63) is 70.8 Å². The summed E-state index contributed by atoms with van der Waals surface area (Å²) in [6.45, 7) is 3.15. The van der Waals surface area contributed by atoms with Crippen molar-refractivity contribution in [1.29, 1.82) is 0 Å². The van der Waals surface area contributed by atoms with Crippen LogP contribution < -0.4 is 10.9 Å². The first kappa shape index (κ1) is 23.9. The molecule has 0 bridgehead atoms. The van der Waals surface area contributed by atoms with Crippen molar-refractivity contribution in [3.63, 3.8) is 0 Å². The zero-order valence-corrected chi connectivity index (χ0v) is 17.3. The SMILES string of the molecule is Cc1ccc(C(=O)NN=C(/C=N/NC(=O)c2ccc(C)cc2)CC(O)C(O)CO)cc1. The molecule has 2 aromatic rings. The molecule has 2 unspecified atom stereocenters. The van der Waals surface area contributed by atoms with E-state index in [1.807, 2.05) is 13.8 Å². The van der Waals surface area contributed by atoms with Gasteiger partial charge >= 0.3 is 0 Å². The molecule has 0 aliphatic rings. The van der Waals surface area contributed by atoms with Gasteiger partial charge in [-0.15, -0.1) is 0 Å². The van der Waals surface area contributed by atoms with Gasteiger partial charge < -0.3 is 15.3 Å². The Labute approximate surface area is 180 Å². The first-order valence-corrected chi connectivity index (χ1v) is 9.60. The number of hydrogen-bond donors (Lipinski definition) is 5. The molecule has 0 spiro atoms. The van der Waals surface area contributed by atoms with Crippen molar-refractivity contribution >= 4 is 23.7 Å². The van der Waals surface area contributed by atoms with Gasteiger partial charge in [0.15, 0.2) is 0 Å². The molecular weight excluding hydrogens is 400 g/mol. The molecule has 0 saturated carbocycles. The first-order valence-electron chi connectivity index (χ1n) is 9.60. The van der Waals surface area contributed by atoms with Crippen molar-refractivity contribution in [3.8, 4) is 0 Å². The highest BCUT2D eigenvalue weighted by Gasteiger charge is 2.18. The van der Waals surface area contributed by atoms with Crippen LogP contribution in [-0.4, -0.2) is 57.9 Å². The quantitative estimate of drug-likeness (QED) is 0.299. The molecule has 5 N–H and O–H groups in total. The maximum Gasteiger partial charge on any atom is 0.271 e. The lowest BCUT2D eigenvalue weighted by atomic mass is 10.1. The molecule has 0 radical (unpaired) electrons. The van der Waals surface area contributed by atoms with Gasteiger partial charge in [0.25, 0.3) is 11.8 Å². The Bertz CT molecular complexity index is 939. The number of nitrogens with one attached hydrogen (secondary N) is 2. The Morgan fingerprint density at radius 1 is 0.871 bits per heavy atom. The van der Waals surface area contributed by atoms with E-state index in [-0.39, 0.29) is 12.1 Å². The number of aliphatic hydroxyl groups excluding tert-OH is 3.